The van der Waals surface area contributed by atoms with E-state index in [1.165, 1.54) is 0 Å². The van der Waals surface area contributed by atoms with E-state index in [4.69, 9.17) is 9.47 Å². The fraction of sp³-hybridized carbons (Fsp3) is 0.846. The predicted molar refractivity (Wildman–Crippen MR) is 77.0 cm³/mol. The van der Waals surface area contributed by atoms with Crippen LogP contribution in [-0.4, -0.2) is 51.3 Å². The molecule has 0 aromatic heterocycles. The lowest BCUT2D eigenvalue weighted by atomic mass is 10.1. The molecule has 0 rings (SSSR count). The van der Waals surface area contributed by atoms with E-state index >= 15 is 0 Å². The van der Waals surface area contributed by atoms with Crippen molar-refractivity contribution in [3.63, 3.8) is 0 Å². The first-order valence-electron chi connectivity index (χ1n) is 6.81. The van der Waals surface area contributed by atoms with Crippen molar-refractivity contribution >= 4 is 11.8 Å². The summed E-state index contributed by atoms with van der Waals surface area (Å²) in [4.78, 5) is 22.6. The summed E-state index contributed by atoms with van der Waals surface area (Å²) in [6.07, 6.45) is 0.832. The summed E-state index contributed by atoms with van der Waals surface area (Å²) in [5.74, 6) is -0.0514. The van der Waals surface area contributed by atoms with Gasteiger partial charge in [0.15, 0.2) is 0 Å². The number of hydrogen-bond donors (Lipinski definition) is 2. The van der Waals surface area contributed by atoms with Gasteiger partial charge in [0.2, 0.25) is 11.8 Å². The standard InChI is InChI=1S/C13H26N2O4.2H2/c1-4-11(3)13(17)15-7-9-19-8-6-14-12(16)10-18-5-2;;/h11H,4-10H2,1-3H3,(H,14,16)(H,15,17);2*1H. The van der Waals surface area contributed by atoms with Gasteiger partial charge < -0.3 is 20.1 Å². The minimum absolute atomic E-state index is 0. The van der Waals surface area contributed by atoms with Crippen molar-refractivity contribution in [2.45, 2.75) is 27.2 Å². The van der Waals surface area contributed by atoms with Crippen LogP contribution in [0.5, 0.6) is 0 Å². The molecule has 0 saturated carbocycles. The van der Waals surface area contributed by atoms with Crippen molar-refractivity contribution in [2.24, 2.45) is 5.92 Å². The number of carbonyl (C=O) groups excluding carboxylic acids is 2. The molecule has 0 aromatic rings. The number of hydrogen-bond acceptors (Lipinski definition) is 4. The van der Waals surface area contributed by atoms with Crippen LogP contribution < -0.4 is 10.6 Å². The maximum Gasteiger partial charge on any atom is 0.246 e. The second kappa shape index (κ2) is 11.9. The van der Waals surface area contributed by atoms with Crippen LogP contribution in [-0.2, 0) is 19.1 Å². The number of nitrogens with one attached hydrogen (secondary N) is 2. The van der Waals surface area contributed by atoms with Gasteiger partial charge in [-0.3, -0.25) is 9.59 Å². The van der Waals surface area contributed by atoms with Crippen molar-refractivity contribution in [1.29, 1.82) is 0 Å². The molecular formula is C13H30N2O4. The molecule has 0 spiro atoms. The quantitative estimate of drug-likeness (QED) is 0.548. The molecule has 0 aliphatic carbocycles. The smallest absolute Gasteiger partial charge is 0.246 e. The summed E-state index contributed by atoms with van der Waals surface area (Å²) in [6, 6.07) is 0. The Hall–Kier alpha value is -1.14. The molecule has 2 amide bonds. The van der Waals surface area contributed by atoms with Crippen LogP contribution in [0.2, 0.25) is 0 Å². The maximum absolute atomic E-state index is 11.4. The molecule has 0 bridgehead atoms. The Balaban J connectivity index is -0.00000162. The normalized spacial score (nSPS) is 11.9. The van der Waals surface area contributed by atoms with E-state index in [0.29, 0.717) is 32.9 Å². The van der Waals surface area contributed by atoms with Gasteiger partial charge in [0, 0.05) is 28.5 Å². The summed E-state index contributed by atoms with van der Waals surface area (Å²) in [7, 11) is 0. The fourth-order valence-electron chi connectivity index (χ4n) is 1.22. The van der Waals surface area contributed by atoms with Gasteiger partial charge in [-0.15, -0.1) is 0 Å². The molecule has 0 aromatic carbocycles. The molecular weight excluding hydrogens is 248 g/mol. The summed E-state index contributed by atoms with van der Waals surface area (Å²) in [5.41, 5.74) is 0. The minimum Gasteiger partial charge on any atom is -0.378 e. The zero-order valence-electron chi connectivity index (χ0n) is 12.2. The third kappa shape index (κ3) is 10.5. The lowest BCUT2D eigenvalue weighted by Gasteiger charge is -2.10. The second-order valence-electron chi connectivity index (χ2n) is 4.20. The molecule has 116 valence electrons. The molecule has 19 heavy (non-hydrogen) atoms. The van der Waals surface area contributed by atoms with Crippen LogP contribution in [0.3, 0.4) is 0 Å². The van der Waals surface area contributed by atoms with E-state index in [0.717, 1.165) is 6.42 Å². The van der Waals surface area contributed by atoms with Crippen molar-refractivity contribution in [2.75, 3.05) is 39.5 Å². The third-order valence-electron chi connectivity index (χ3n) is 2.61. The SMILES string of the molecule is CCOCC(=O)NCCOCCNC(=O)C(C)CC.[HH].[HH]. The van der Waals surface area contributed by atoms with E-state index in [9.17, 15) is 9.59 Å². The van der Waals surface area contributed by atoms with E-state index in [1.54, 1.807) is 0 Å². The monoisotopic (exact) mass is 278 g/mol. The van der Waals surface area contributed by atoms with Crippen LogP contribution in [0.1, 0.15) is 30.0 Å². The molecule has 6 nitrogen and oxygen atoms in total. The molecule has 0 fully saturated rings. The first-order valence-corrected chi connectivity index (χ1v) is 6.81. The topological polar surface area (TPSA) is 76.7 Å². The zero-order valence-corrected chi connectivity index (χ0v) is 12.2. The highest BCUT2D eigenvalue weighted by Crippen LogP contribution is 1.98. The van der Waals surface area contributed by atoms with E-state index < -0.39 is 0 Å². The van der Waals surface area contributed by atoms with Crippen LogP contribution in [0.4, 0.5) is 0 Å². The Morgan fingerprint density at radius 3 is 2.32 bits per heavy atom. The number of amides is 2. The van der Waals surface area contributed by atoms with Crippen molar-refractivity contribution in [3.8, 4) is 0 Å². The molecule has 1 unspecified atom stereocenters. The minimum atomic E-state index is -0.143. The van der Waals surface area contributed by atoms with Crippen LogP contribution in [0, 0.1) is 5.92 Å². The molecule has 0 heterocycles. The molecule has 0 aliphatic rings. The van der Waals surface area contributed by atoms with Crippen LogP contribution in [0.15, 0.2) is 0 Å². The Bertz CT molecular complexity index is 269. The van der Waals surface area contributed by atoms with Crippen molar-refractivity contribution in [1.82, 2.24) is 10.6 Å². The van der Waals surface area contributed by atoms with Gasteiger partial charge in [-0.1, -0.05) is 13.8 Å². The summed E-state index contributed by atoms with van der Waals surface area (Å²) in [5, 5.41) is 5.46. The Kier molecular flexibility index (Phi) is 11.2. The third-order valence-corrected chi connectivity index (χ3v) is 2.61. The fourth-order valence-corrected chi connectivity index (χ4v) is 1.22. The van der Waals surface area contributed by atoms with Crippen LogP contribution >= 0.6 is 0 Å². The molecule has 1 atom stereocenters. The average Bonchev–Trinajstić information content (AvgIpc) is 2.42. The molecule has 0 aliphatic heterocycles. The molecule has 6 heteroatoms. The van der Waals surface area contributed by atoms with E-state index in [1.807, 2.05) is 20.8 Å². The molecule has 0 saturated heterocycles. The number of rotatable bonds is 11. The highest BCUT2D eigenvalue weighted by atomic mass is 16.5. The van der Waals surface area contributed by atoms with E-state index in [-0.39, 0.29) is 27.2 Å². The van der Waals surface area contributed by atoms with Gasteiger partial charge in [0.05, 0.1) is 13.2 Å². The van der Waals surface area contributed by atoms with Gasteiger partial charge in [0.1, 0.15) is 6.61 Å². The summed E-state index contributed by atoms with van der Waals surface area (Å²) in [6.45, 7) is 8.14. The summed E-state index contributed by atoms with van der Waals surface area (Å²) >= 11 is 0. The Morgan fingerprint density at radius 2 is 1.74 bits per heavy atom. The zero-order chi connectivity index (χ0) is 14.5. The average molecular weight is 278 g/mol. The van der Waals surface area contributed by atoms with Gasteiger partial charge in [-0.2, -0.15) is 0 Å². The molecule has 2 N–H and O–H groups in total. The lowest BCUT2D eigenvalue weighted by molar-refractivity contribution is -0.125. The van der Waals surface area contributed by atoms with Crippen molar-refractivity contribution < 1.29 is 21.9 Å². The predicted octanol–water partition coefficient (Wildman–Crippen LogP) is 0.810. The number of ether oxygens (including phenoxy) is 2. The Morgan fingerprint density at radius 1 is 1.11 bits per heavy atom. The van der Waals surface area contributed by atoms with E-state index in [2.05, 4.69) is 10.6 Å². The van der Waals surface area contributed by atoms with Gasteiger partial charge in [0.25, 0.3) is 0 Å². The number of carbonyl (C=O) groups is 2. The summed E-state index contributed by atoms with van der Waals surface area (Å²) < 4.78 is 10.2. The second-order valence-corrected chi connectivity index (χ2v) is 4.20. The van der Waals surface area contributed by atoms with Gasteiger partial charge >= 0.3 is 0 Å². The largest absolute Gasteiger partial charge is 0.378 e. The Labute approximate surface area is 118 Å². The highest BCUT2D eigenvalue weighted by Gasteiger charge is 2.08. The van der Waals surface area contributed by atoms with Crippen LogP contribution in [0.25, 0.3) is 0 Å². The van der Waals surface area contributed by atoms with Gasteiger partial charge in [-0.05, 0) is 13.3 Å². The molecule has 0 radical (unpaired) electrons. The first kappa shape index (κ1) is 17.9. The lowest BCUT2D eigenvalue weighted by Crippen LogP contribution is -2.33. The highest BCUT2D eigenvalue weighted by molar-refractivity contribution is 5.78. The maximum atomic E-state index is 11.4. The van der Waals surface area contributed by atoms with Crippen molar-refractivity contribution in [3.05, 3.63) is 0 Å². The first-order chi connectivity index (χ1) is 9.11. The van der Waals surface area contributed by atoms with Gasteiger partial charge in [-0.25, -0.2) is 0 Å².